The molecule has 0 amide bonds. The Bertz CT molecular complexity index is 764. The molecule has 1 aliphatic rings. The maximum atomic E-state index is 13.0. The molecular weight excluding hydrogens is 313 g/mol. The minimum absolute atomic E-state index is 0.199. The first-order chi connectivity index (χ1) is 11.5. The number of carbonyl (C=O) groups is 1. The highest BCUT2D eigenvalue weighted by Gasteiger charge is 2.22. The predicted molar refractivity (Wildman–Crippen MR) is 87.1 cm³/mol. The van der Waals surface area contributed by atoms with E-state index in [9.17, 15) is 14.3 Å². The smallest absolute Gasteiger partial charge is 0.339 e. The quantitative estimate of drug-likeness (QED) is 0.910. The minimum atomic E-state index is -0.989. The van der Waals surface area contributed by atoms with Crippen LogP contribution in [0.3, 0.4) is 0 Å². The molecule has 0 saturated heterocycles. The van der Waals surface area contributed by atoms with Gasteiger partial charge in [0.25, 0.3) is 0 Å². The number of anilines is 2. The molecule has 7 nitrogen and oxygen atoms in total. The van der Waals surface area contributed by atoms with Crippen molar-refractivity contribution >= 4 is 17.7 Å². The van der Waals surface area contributed by atoms with E-state index in [0.717, 1.165) is 23.7 Å². The summed E-state index contributed by atoms with van der Waals surface area (Å²) in [7, 11) is 3.55. The van der Waals surface area contributed by atoms with Gasteiger partial charge in [0.15, 0.2) is 5.82 Å². The second-order valence-corrected chi connectivity index (χ2v) is 5.85. The van der Waals surface area contributed by atoms with Gasteiger partial charge in [-0.25, -0.2) is 24.1 Å². The molecular formula is C16H18FN5O2. The number of aromatic nitrogens is 3. The van der Waals surface area contributed by atoms with E-state index in [4.69, 9.17) is 0 Å². The van der Waals surface area contributed by atoms with Gasteiger partial charge in [-0.1, -0.05) is 0 Å². The fourth-order valence-corrected chi connectivity index (χ4v) is 2.79. The third kappa shape index (κ3) is 3.12. The summed E-state index contributed by atoms with van der Waals surface area (Å²) in [4.78, 5) is 27.7. The van der Waals surface area contributed by atoms with Crippen LogP contribution >= 0.6 is 0 Å². The number of carboxylic acids is 1. The zero-order valence-corrected chi connectivity index (χ0v) is 13.5. The topological polar surface area (TPSA) is 82.5 Å². The zero-order valence-electron chi connectivity index (χ0n) is 13.5. The predicted octanol–water partition coefficient (Wildman–Crippen LogP) is 1.38. The molecule has 2 aromatic heterocycles. The lowest BCUT2D eigenvalue weighted by molar-refractivity contribution is 0.0697. The van der Waals surface area contributed by atoms with Crippen LogP contribution in [-0.4, -0.2) is 53.2 Å². The Morgan fingerprint density at radius 1 is 1.25 bits per heavy atom. The average molecular weight is 331 g/mol. The summed E-state index contributed by atoms with van der Waals surface area (Å²) in [5.74, 6) is -0.541. The first-order valence-electron chi connectivity index (χ1n) is 7.61. The molecule has 1 N–H and O–H groups in total. The van der Waals surface area contributed by atoms with Gasteiger partial charge in [-0.05, 0) is 18.1 Å². The number of hydrogen-bond acceptors (Lipinski definition) is 6. The molecule has 0 fully saturated rings. The molecule has 3 heterocycles. The molecule has 0 aliphatic carbocycles. The standard InChI is InChI=1S/C16H18FN5O2/c1-21(2)14-12(15(23)24)7-10-3-5-22(6-4-13(10)20-14)16-18-8-11(17)9-19-16/h7-9H,3-6H2,1-2H3,(H,23,24). The number of aromatic carboxylic acids is 1. The summed E-state index contributed by atoms with van der Waals surface area (Å²) in [5, 5.41) is 9.41. The Morgan fingerprint density at radius 2 is 1.92 bits per heavy atom. The molecule has 0 radical (unpaired) electrons. The lowest BCUT2D eigenvalue weighted by Gasteiger charge is -2.19. The van der Waals surface area contributed by atoms with Gasteiger partial charge >= 0.3 is 5.97 Å². The number of nitrogens with zero attached hydrogens (tertiary/aromatic N) is 5. The third-order valence-electron chi connectivity index (χ3n) is 3.98. The van der Waals surface area contributed by atoms with Gasteiger partial charge in [-0.2, -0.15) is 0 Å². The molecule has 0 unspecified atom stereocenters. The van der Waals surface area contributed by atoms with Gasteiger partial charge in [0, 0.05) is 39.3 Å². The summed E-state index contributed by atoms with van der Waals surface area (Å²) in [5.41, 5.74) is 2.00. The third-order valence-corrected chi connectivity index (χ3v) is 3.98. The van der Waals surface area contributed by atoms with E-state index < -0.39 is 11.8 Å². The van der Waals surface area contributed by atoms with Crippen molar-refractivity contribution in [1.29, 1.82) is 0 Å². The van der Waals surface area contributed by atoms with Crippen molar-refractivity contribution in [3.8, 4) is 0 Å². The van der Waals surface area contributed by atoms with Crippen molar-refractivity contribution in [2.75, 3.05) is 37.0 Å². The Morgan fingerprint density at radius 3 is 2.54 bits per heavy atom. The molecule has 126 valence electrons. The Hall–Kier alpha value is -2.77. The van der Waals surface area contributed by atoms with Crippen molar-refractivity contribution in [1.82, 2.24) is 15.0 Å². The van der Waals surface area contributed by atoms with E-state index >= 15 is 0 Å². The second kappa shape index (κ2) is 6.38. The van der Waals surface area contributed by atoms with Crippen LogP contribution in [0, 0.1) is 5.82 Å². The normalized spacial score (nSPS) is 14.0. The average Bonchev–Trinajstić information content (AvgIpc) is 2.76. The minimum Gasteiger partial charge on any atom is -0.478 e. The summed E-state index contributed by atoms with van der Waals surface area (Å²) >= 11 is 0. The lowest BCUT2D eigenvalue weighted by atomic mass is 10.1. The van der Waals surface area contributed by atoms with Crippen LogP contribution in [0.5, 0.6) is 0 Å². The lowest BCUT2D eigenvalue weighted by Crippen LogP contribution is -2.27. The van der Waals surface area contributed by atoms with Crippen LogP contribution in [0.1, 0.15) is 21.6 Å². The van der Waals surface area contributed by atoms with Gasteiger partial charge in [0.1, 0.15) is 11.4 Å². The van der Waals surface area contributed by atoms with Gasteiger partial charge in [-0.3, -0.25) is 0 Å². The fraction of sp³-hybridized carbons (Fsp3) is 0.375. The highest BCUT2D eigenvalue weighted by atomic mass is 19.1. The molecule has 24 heavy (non-hydrogen) atoms. The van der Waals surface area contributed by atoms with Crippen LogP contribution in [-0.2, 0) is 12.8 Å². The highest BCUT2D eigenvalue weighted by molar-refractivity contribution is 5.93. The number of fused-ring (bicyclic) bond motifs is 1. The Kier molecular flexibility index (Phi) is 4.28. The molecule has 1 aliphatic heterocycles. The first-order valence-corrected chi connectivity index (χ1v) is 7.61. The number of hydrogen-bond donors (Lipinski definition) is 1. The monoisotopic (exact) mass is 331 g/mol. The molecule has 0 atom stereocenters. The van der Waals surface area contributed by atoms with Crippen LogP contribution in [0.25, 0.3) is 0 Å². The largest absolute Gasteiger partial charge is 0.478 e. The zero-order chi connectivity index (χ0) is 17.3. The number of rotatable bonds is 3. The summed E-state index contributed by atoms with van der Waals surface area (Å²) in [6.45, 7) is 1.27. The van der Waals surface area contributed by atoms with E-state index in [1.165, 1.54) is 0 Å². The number of carboxylic acid groups (broad SMARTS) is 1. The van der Waals surface area contributed by atoms with Gasteiger partial charge in [0.2, 0.25) is 5.95 Å². The van der Waals surface area contributed by atoms with Crippen LogP contribution < -0.4 is 9.80 Å². The van der Waals surface area contributed by atoms with Crippen molar-refractivity contribution < 1.29 is 14.3 Å². The molecule has 2 aromatic rings. The molecule has 0 spiro atoms. The number of halogens is 1. The van der Waals surface area contributed by atoms with Crippen LogP contribution in [0.15, 0.2) is 18.5 Å². The summed E-state index contributed by atoms with van der Waals surface area (Å²) in [6.07, 6.45) is 3.57. The Balaban J connectivity index is 1.90. The fourth-order valence-electron chi connectivity index (χ4n) is 2.79. The molecule has 0 aromatic carbocycles. The van der Waals surface area contributed by atoms with Gasteiger partial charge < -0.3 is 14.9 Å². The number of pyridine rings is 1. The van der Waals surface area contributed by atoms with E-state index in [2.05, 4.69) is 15.0 Å². The molecule has 3 rings (SSSR count). The SMILES string of the molecule is CN(C)c1nc2c(cc1C(=O)O)CCN(c1ncc(F)cn1)CC2. The maximum Gasteiger partial charge on any atom is 0.339 e. The van der Waals surface area contributed by atoms with Crippen molar-refractivity contribution in [3.63, 3.8) is 0 Å². The van der Waals surface area contributed by atoms with Crippen molar-refractivity contribution in [3.05, 3.63) is 41.1 Å². The Labute approximate surface area is 138 Å². The molecule has 0 bridgehead atoms. The summed E-state index contributed by atoms with van der Waals surface area (Å²) < 4.78 is 13.0. The van der Waals surface area contributed by atoms with Crippen molar-refractivity contribution in [2.24, 2.45) is 0 Å². The van der Waals surface area contributed by atoms with E-state index in [1.807, 2.05) is 4.90 Å². The molecule has 8 heteroatoms. The second-order valence-electron chi connectivity index (χ2n) is 5.85. The highest BCUT2D eigenvalue weighted by Crippen LogP contribution is 2.24. The van der Waals surface area contributed by atoms with Crippen LogP contribution in [0.4, 0.5) is 16.2 Å². The van der Waals surface area contributed by atoms with E-state index in [1.54, 1.807) is 25.1 Å². The van der Waals surface area contributed by atoms with Crippen LogP contribution in [0.2, 0.25) is 0 Å². The summed E-state index contributed by atoms with van der Waals surface area (Å²) in [6, 6.07) is 1.70. The van der Waals surface area contributed by atoms with E-state index in [-0.39, 0.29) is 5.56 Å². The van der Waals surface area contributed by atoms with Crippen molar-refractivity contribution in [2.45, 2.75) is 12.8 Å². The van der Waals surface area contributed by atoms with E-state index in [0.29, 0.717) is 37.7 Å². The van der Waals surface area contributed by atoms with Gasteiger partial charge in [-0.15, -0.1) is 0 Å². The first kappa shape index (κ1) is 16.1. The van der Waals surface area contributed by atoms with Gasteiger partial charge in [0.05, 0.1) is 12.4 Å². The maximum absolute atomic E-state index is 13.0. The molecule has 0 saturated carbocycles.